The Morgan fingerprint density at radius 3 is 1.51 bits per heavy atom. The molecule has 11 rings (SSSR count). The van der Waals surface area contributed by atoms with E-state index in [4.69, 9.17) is 4.42 Å². The minimum absolute atomic E-state index is 0.858. The molecular formula is C54H35NOS. The Bertz CT molecular complexity index is 3200. The van der Waals surface area contributed by atoms with Gasteiger partial charge >= 0.3 is 0 Å². The lowest BCUT2D eigenvalue weighted by molar-refractivity contribution is 0.669. The summed E-state index contributed by atoms with van der Waals surface area (Å²) in [6.45, 7) is 0. The third kappa shape index (κ3) is 5.80. The average Bonchev–Trinajstić information content (AvgIpc) is 3.87. The van der Waals surface area contributed by atoms with Crippen LogP contribution >= 0.6 is 11.3 Å². The van der Waals surface area contributed by atoms with Gasteiger partial charge in [-0.3, -0.25) is 0 Å². The van der Waals surface area contributed by atoms with Crippen molar-refractivity contribution in [1.29, 1.82) is 0 Å². The molecule has 0 radical (unpaired) electrons. The second kappa shape index (κ2) is 13.8. The number of benzene rings is 9. The second-order valence-electron chi connectivity index (χ2n) is 14.5. The maximum absolute atomic E-state index is 6.84. The number of hydrogen-bond donors (Lipinski definition) is 0. The fraction of sp³-hybridized carbons (Fsp3) is 0. The van der Waals surface area contributed by atoms with Crippen molar-refractivity contribution in [2.45, 2.75) is 0 Å². The quantitative estimate of drug-likeness (QED) is 0.162. The normalized spacial score (nSPS) is 11.5. The molecule has 0 unspecified atom stereocenters. The topological polar surface area (TPSA) is 16.4 Å². The summed E-state index contributed by atoms with van der Waals surface area (Å²) < 4.78 is 9.46. The summed E-state index contributed by atoms with van der Waals surface area (Å²) in [6.07, 6.45) is 0. The lowest BCUT2D eigenvalue weighted by Crippen LogP contribution is -2.10. The standard InChI is InChI=1S/C54H35NOS/c1-3-12-36(13-4-1)37-22-24-38(25-23-37)39-26-30-42(31-27-39)55(43-32-28-41(29-33-43)44-18-11-21-51-52(44)47-17-8-10-20-50(47)57-51)48-35-34-45(40-14-5-2-6-15-40)53-46-16-7-9-19-49(46)56-54(48)53/h1-35H. The van der Waals surface area contributed by atoms with Gasteiger partial charge in [0.15, 0.2) is 5.58 Å². The zero-order valence-electron chi connectivity index (χ0n) is 31.0. The first kappa shape index (κ1) is 33.2. The molecule has 2 heterocycles. The number of thiophene rings is 1. The predicted octanol–water partition coefficient (Wildman–Crippen LogP) is 16.1. The summed E-state index contributed by atoms with van der Waals surface area (Å²) in [7, 11) is 0. The summed E-state index contributed by atoms with van der Waals surface area (Å²) >= 11 is 1.86. The maximum Gasteiger partial charge on any atom is 0.160 e. The Balaban J connectivity index is 1.06. The molecule has 268 valence electrons. The molecule has 11 aromatic rings. The van der Waals surface area contributed by atoms with E-state index in [0.717, 1.165) is 55.7 Å². The van der Waals surface area contributed by atoms with Crippen molar-refractivity contribution in [3.05, 3.63) is 212 Å². The smallest absolute Gasteiger partial charge is 0.160 e. The van der Waals surface area contributed by atoms with Gasteiger partial charge in [0.2, 0.25) is 0 Å². The van der Waals surface area contributed by atoms with Crippen LogP contribution in [0.25, 0.3) is 86.6 Å². The molecule has 0 aliphatic rings. The van der Waals surface area contributed by atoms with Gasteiger partial charge in [-0.1, -0.05) is 164 Å². The molecule has 3 heteroatoms. The molecule has 57 heavy (non-hydrogen) atoms. The summed E-state index contributed by atoms with van der Waals surface area (Å²) in [6, 6.07) is 76.2. The van der Waals surface area contributed by atoms with E-state index < -0.39 is 0 Å². The predicted molar refractivity (Wildman–Crippen MR) is 243 cm³/mol. The van der Waals surface area contributed by atoms with E-state index >= 15 is 0 Å². The highest BCUT2D eigenvalue weighted by Crippen LogP contribution is 2.47. The second-order valence-corrected chi connectivity index (χ2v) is 15.5. The molecule has 0 bridgehead atoms. The summed E-state index contributed by atoms with van der Waals surface area (Å²) in [5, 5.41) is 4.84. The molecule has 2 nitrogen and oxygen atoms in total. The van der Waals surface area contributed by atoms with E-state index in [1.54, 1.807) is 0 Å². The van der Waals surface area contributed by atoms with Gasteiger partial charge < -0.3 is 9.32 Å². The van der Waals surface area contributed by atoms with E-state index in [1.807, 2.05) is 17.4 Å². The van der Waals surface area contributed by atoms with Gasteiger partial charge in [-0.25, -0.2) is 0 Å². The molecule has 9 aromatic carbocycles. The summed E-state index contributed by atoms with van der Waals surface area (Å²) in [5.41, 5.74) is 14.3. The Kier molecular flexibility index (Phi) is 8.04. The summed E-state index contributed by atoms with van der Waals surface area (Å²) in [5.74, 6) is 0. The first-order valence-corrected chi connectivity index (χ1v) is 20.1. The molecule has 0 saturated heterocycles. The molecule has 0 fully saturated rings. The first-order valence-electron chi connectivity index (χ1n) is 19.3. The fourth-order valence-corrected chi connectivity index (χ4v) is 9.50. The zero-order valence-corrected chi connectivity index (χ0v) is 31.8. The Labute approximate surface area is 335 Å². The van der Waals surface area contributed by atoms with Gasteiger partial charge in [-0.2, -0.15) is 0 Å². The van der Waals surface area contributed by atoms with Crippen molar-refractivity contribution in [3.8, 4) is 44.5 Å². The van der Waals surface area contributed by atoms with E-state index in [0.29, 0.717) is 0 Å². The molecule has 0 atom stereocenters. The average molecular weight is 746 g/mol. The van der Waals surface area contributed by atoms with Crippen LogP contribution < -0.4 is 4.90 Å². The molecule has 0 aliphatic heterocycles. The number of nitrogens with zero attached hydrogens (tertiary/aromatic N) is 1. The van der Waals surface area contributed by atoms with Crippen molar-refractivity contribution in [1.82, 2.24) is 0 Å². The monoisotopic (exact) mass is 745 g/mol. The van der Waals surface area contributed by atoms with Crippen molar-refractivity contribution < 1.29 is 4.42 Å². The van der Waals surface area contributed by atoms with Crippen LogP contribution in [0, 0.1) is 0 Å². The Morgan fingerprint density at radius 2 is 0.825 bits per heavy atom. The zero-order chi connectivity index (χ0) is 37.7. The highest BCUT2D eigenvalue weighted by Gasteiger charge is 2.22. The number of rotatable bonds is 7. The fourth-order valence-electron chi connectivity index (χ4n) is 8.37. The molecule has 0 saturated carbocycles. The third-order valence-electron chi connectivity index (χ3n) is 11.1. The minimum Gasteiger partial charge on any atom is -0.454 e. The number of fused-ring (bicyclic) bond motifs is 6. The van der Waals surface area contributed by atoms with Gasteiger partial charge in [0, 0.05) is 42.3 Å². The first-order chi connectivity index (χ1) is 28.3. The molecular weight excluding hydrogens is 711 g/mol. The highest BCUT2D eigenvalue weighted by molar-refractivity contribution is 7.25. The Morgan fingerprint density at radius 1 is 0.333 bits per heavy atom. The molecule has 0 aliphatic carbocycles. The highest BCUT2D eigenvalue weighted by atomic mass is 32.1. The number of hydrogen-bond acceptors (Lipinski definition) is 3. The van der Waals surface area contributed by atoms with Gasteiger partial charge in [0.25, 0.3) is 0 Å². The van der Waals surface area contributed by atoms with Crippen LogP contribution in [0.5, 0.6) is 0 Å². The maximum atomic E-state index is 6.84. The van der Waals surface area contributed by atoms with Crippen molar-refractivity contribution in [2.75, 3.05) is 4.90 Å². The van der Waals surface area contributed by atoms with Gasteiger partial charge in [0.1, 0.15) is 5.58 Å². The minimum atomic E-state index is 0.858. The number of anilines is 3. The van der Waals surface area contributed by atoms with E-state index in [1.165, 1.54) is 48.0 Å². The van der Waals surface area contributed by atoms with Crippen molar-refractivity contribution in [2.24, 2.45) is 0 Å². The summed E-state index contributed by atoms with van der Waals surface area (Å²) in [4.78, 5) is 2.34. The van der Waals surface area contributed by atoms with Crippen LogP contribution in [0.15, 0.2) is 217 Å². The van der Waals surface area contributed by atoms with Gasteiger partial charge in [-0.05, 0) is 93.0 Å². The lowest BCUT2D eigenvalue weighted by Gasteiger charge is -2.26. The van der Waals surface area contributed by atoms with Crippen LogP contribution in [-0.4, -0.2) is 0 Å². The largest absolute Gasteiger partial charge is 0.454 e. The van der Waals surface area contributed by atoms with Crippen LogP contribution in [-0.2, 0) is 0 Å². The Hall–Kier alpha value is -7.20. The van der Waals surface area contributed by atoms with Gasteiger partial charge in [-0.15, -0.1) is 11.3 Å². The van der Waals surface area contributed by atoms with Crippen LogP contribution in [0.4, 0.5) is 17.1 Å². The molecule has 2 aromatic heterocycles. The van der Waals surface area contributed by atoms with Gasteiger partial charge in [0.05, 0.1) is 5.69 Å². The van der Waals surface area contributed by atoms with Crippen molar-refractivity contribution in [3.63, 3.8) is 0 Å². The molecule has 0 spiro atoms. The van der Waals surface area contributed by atoms with Crippen LogP contribution in [0.3, 0.4) is 0 Å². The number of para-hydroxylation sites is 1. The third-order valence-corrected chi connectivity index (χ3v) is 12.3. The SMILES string of the molecule is c1ccc(-c2ccc(-c3ccc(N(c4ccc(-c5cccc6sc7ccccc7c56)cc4)c4ccc(-c5ccccc5)c5c4oc4ccccc45)cc3)cc2)cc1. The van der Waals surface area contributed by atoms with Crippen LogP contribution in [0.2, 0.25) is 0 Å². The van der Waals surface area contributed by atoms with E-state index in [2.05, 4.69) is 211 Å². The molecule has 0 amide bonds. The van der Waals surface area contributed by atoms with E-state index in [-0.39, 0.29) is 0 Å². The lowest BCUT2D eigenvalue weighted by atomic mass is 9.97. The van der Waals surface area contributed by atoms with Crippen molar-refractivity contribution >= 4 is 70.5 Å². The molecule has 0 N–H and O–H groups in total. The van der Waals surface area contributed by atoms with E-state index in [9.17, 15) is 0 Å². The van der Waals surface area contributed by atoms with Crippen LogP contribution in [0.1, 0.15) is 0 Å². The number of furan rings is 1.